The van der Waals surface area contributed by atoms with E-state index in [2.05, 4.69) is 10.3 Å². The van der Waals surface area contributed by atoms with Gasteiger partial charge in [-0.05, 0) is 78.9 Å². The number of carbonyl (C=O) groups excluding carboxylic acids is 1. The number of hydrogen-bond acceptors (Lipinski definition) is 5. The fraction of sp³-hybridized carbons (Fsp3) is 0.0690. The number of nitrogen functional groups attached to an aromatic ring is 2. The molecule has 3 aromatic carbocycles. The molecule has 0 saturated heterocycles. The molecular formula is C29H27N7O. The molecule has 1 amide bonds. The van der Waals surface area contributed by atoms with Gasteiger partial charge >= 0.3 is 0 Å². The summed E-state index contributed by atoms with van der Waals surface area (Å²) in [7, 11) is 3.92. The number of nitrogens with zero attached hydrogens (tertiary/aromatic N) is 4. The SMILES string of the molecule is Cn1ccc(=Nc2ccc(NC(=O)c3ccc(N=c4ccn(C)c5cc(N)ccc45)cc3N)cc2)cc1. The summed E-state index contributed by atoms with van der Waals surface area (Å²) in [5.74, 6) is -0.294. The van der Waals surface area contributed by atoms with E-state index in [0.29, 0.717) is 28.3 Å². The van der Waals surface area contributed by atoms with Crippen molar-refractivity contribution in [3.63, 3.8) is 0 Å². The molecule has 37 heavy (non-hydrogen) atoms. The van der Waals surface area contributed by atoms with Gasteiger partial charge in [0.05, 0.1) is 33.2 Å². The fourth-order valence-corrected chi connectivity index (χ4v) is 4.01. The summed E-state index contributed by atoms with van der Waals surface area (Å²) in [5.41, 5.74) is 16.7. The summed E-state index contributed by atoms with van der Waals surface area (Å²) >= 11 is 0. The van der Waals surface area contributed by atoms with Crippen molar-refractivity contribution in [1.29, 1.82) is 0 Å². The maximum absolute atomic E-state index is 12.9. The summed E-state index contributed by atoms with van der Waals surface area (Å²) in [4.78, 5) is 22.2. The lowest BCUT2D eigenvalue weighted by Crippen LogP contribution is -2.14. The quantitative estimate of drug-likeness (QED) is 0.325. The summed E-state index contributed by atoms with van der Waals surface area (Å²) in [5, 5.41) is 5.51. The number of nitrogens with two attached hydrogens (primary N) is 2. The van der Waals surface area contributed by atoms with Gasteiger partial charge in [0.15, 0.2) is 0 Å². The molecule has 0 unspecified atom stereocenters. The summed E-state index contributed by atoms with van der Waals surface area (Å²) in [6, 6.07) is 24.0. The van der Waals surface area contributed by atoms with Crippen molar-refractivity contribution in [2.75, 3.05) is 16.8 Å². The lowest BCUT2D eigenvalue weighted by Gasteiger charge is -2.09. The van der Waals surface area contributed by atoms with E-state index in [1.54, 1.807) is 18.2 Å². The fourth-order valence-electron chi connectivity index (χ4n) is 4.01. The number of benzene rings is 3. The predicted molar refractivity (Wildman–Crippen MR) is 148 cm³/mol. The molecule has 0 radical (unpaired) electrons. The Kier molecular flexibility index (Phi) is 6.30. The summed E-state index contributed by atoms with van der Waals surface area (Å²) in [6.07, 6.45) is 5.81. The average Bonchev–Trinajstić information content (AvgIpc) is 2.88. The largest absolute Gasteiger partial charge is 0.399 e. The Bertz CT molecular complexity index is 1740. The molecule has 0 aliphatic carbocycles. The third-order valence-corrected chi connectivity index (χ3v) is 6.01. The van der Waals surface area contributed by atoms with Crippen LogP contribution in [0.5, 0.6) is 0 Å². The van der Waals surface area contributed by atoms with Crippen molar-refractivity contribution >= 4 is 45.2 Å². The van der Waals surface area contributed by atoms with Gasteiger partial charge in [0, 0.05) is 55.1 Å². The molecule has 184 valence electrons. The van der Waals surface area contributed by atoms with Crippen LogP contribution in [-0.2, 0) is 14.1 Å². The number of nitrogens with one attached hydrogen (secondary N) is 1. The smallest absolute Gasteiger partial charge is 0.257 e. The zero-order valence-electron chi connectivity index (χ0n) is 20.6. The molecule has 5 N–H and O–H groups in total. The van der Waals surface area contributed by atoms with Crippen molar-refractivity contribution < 1.29 is 4.79 Å². The van der Waals surface area contributed by atoms with Gasteiger partial charge in [-0.1, -0.05) is 0 Å². The van der Waals surface area contributed by atoms with Crippen LogP contribution in [0, 0.1) is 0 Å². The van der Waals surface area contributed by atoms with Crippen LogP contribution in [0.3, 0.4) is 0 Å². The van der Waals surface area contributed by atoms with Crippen LogP contribution in [0.25, 0.3) is 10.9 Å². The summed E-state index contributed by atoms with van der Waals surface area (Å²) in [6.45, 7) is 0. The van der Waals surface area contributed by atoms with Gasteiger partial charge in [0.2, 0.25) is 0 Å². The normalized spacial score (nSPS) is 11.5. The van der Waals surface area contributed by atoms with Crippen LogP contribution >= 0.6 is 0 Å². The first-order valence-corrected chi connectivity index (χ1v) is 11.7. The zero-order chi connectivity index (χ0) is 25.9. The number of rotatable bonds is 4. The molecule has 0 saturated carbocycles. The molecule has 0 aliphatic heterocycles. The number of pyridine rings is 2. The Hall–Kier alpha value is -5.11. The topological polar surface area (TPSA) is 116 Å². The third kappa shape index (κ3) is 5.28. The Morgan fingerprint density at radius 1 is 0.784 bits per heavy atom. The van der Waals surface area contributed by atoms with Gasteiger partial charge < -0.3 is 25.9 Å². The van der Waals surface area contributed by atoms with E-state index in [-0.39, 0.29) is 5.91 Å². The molecule has 5 rings (SSSR count). The van der Waals surface area contributed by atoms with Crippen LogP contribution < -0.4 is 27.5 Å². The number of fused-ring (bicyclic) bond motifs is 1. The Labute approximate surface area is 213 Å². The second-order valence-corrected chi connectivity index (χ2v) is 8.81. The predicted octanol–water partition coefficient (Wildman–Crippen LogP) is 4.40. The Balaban J connectivity index is 1.35. The minimum Gasteiger partial charge on any atom is -0.399 e. The molecule has 2 aromatic heterocycles. The number of anilines is 3. The van der Waals surface area contributed by atoms with Crippen molar-refractivity contribution in [3.8, 4) is 0 Å². The van der Waals surface area contributed by atoms with E-state index < -0.39 is 0 Å². The van der Waals surface area contributed by atoms with E-state index in [1.165, 1.54) is 0 Å². The highest BCUT2D eigenvalue weighted by molar-refractivity contribution is 6.08. The van der Waals surface area contributed by atoms with E-state index in [4.69, 9.17) is 16.5 Å². The van der Waals surface area contributed by atoms with Crippen LogP contribution in [0.15, 0.2) is 107 Å². The van der Waals surface area contributed by atoms with E-state index in [0.717, 1.165) is 27.3 Å². The Morgan fingerprint density at radius 3 is 2.24 bits per heavy atom. The zero-order valence-corrected chi connectivity index (χ0v) is 20.6. The minimum absolute atomic E-state index is 0.294. The van der Waals surface area contributed by atoms with Crippen LogP contribution in [0.4, 0.5) is 28.4 Å². The molecule has 0 aliphatic rings. The highest BCUT2D eigenvalue weighted by Gasteiger charge is 2.11. The first-order valence-electron chi connectivity index (χ1n) is 11.7. The second-order valence-electron chi connectivity index (χ2n) is 8.81. The molecular weight excluding hydrogens is 462 g/mol. The lowest BCUT2D eigenvalue weighted by atomic mass is 10.1. The highest BCUT2D eigenvalue weighted by Crippen LogP contribution is 2.23. The van der Waals surface area contributed by atoms with Crippen molar-refractivity contribution in [2.24, 2.45) is 24.1 Å². The molecule has 8 heteroatoms. The van der Waals surface area contributed by atoms with Gasteiger partial charge in [-0.3, -0.25) is 4.79 Å². The first-order chi connectivity index (χ1) is 17.9. The van der Waals surface area contributed by atoms with Gasteiger partial charge in [-0.15, -0.1) is 0 Å². The number of amides is 1. The minimum atomic E-state index is -0.294. The van der Waals surface area contributed by atoms with Gasteiger partial charge in [-0.25, -0.2) is 9.98 Å². The molecule has 0 bridgehead atoms. The van der Waals surface area contributed by atoms with Gasteiger partial charge in [0.25, 0.3) is 5.91 Å². The maximum Gasteiger partial charge on any atom is 0.257 e. The van der Waals surface area contributed by atoms with Gasteiger partial charge in [-0.2, -0.15) is 0 Å². The molecule has 0 spiro atoms. The second kappa shape index (κ2) is 9.87. The average molecular weight is 490 g/mol. The van der Waals surface area contributed by atoms with E-state index in [1.807, 2.05) is 102 Å². The number of aryl methyl sites for hydroxylation is 2. The van der Waals surface area contributed by atoms with Crippen LogP contribution in [0.2, 0.25) is 0 Å². The molecule has 8 nitrogen and oxygen atoms in total. The maximum atomic E-state index is 12.9. The number of aromatic nitrogens is 2. The molecule has 0 atom stereocenters. The first kappa shape index (κ1) is 23.6. The van der Waals surface area contributed by atoms with Gasteiger partial charge in [0.1, 0.15) is 0 Å². The third-order valence-electron chi connectivity index (χ3n) is 6.01. The molecule has 2 heterocycles. The Morgan fingerprint density at radius 2 is 1.51 bits per heavy atom. The van der Waals surface area contributed by atoms with E-state index in [9.17, 15) is 4.79 Å². The van der Waals surface area contributed by atoms with Crippen molar-refractivity contribution in [3.05, 3.63) is 114 Å². The molecule has 0 fully saturated rings. The molecule has 5 aromatic rings. The van der Waals surface area contributed by atoms with Crippen LogP contribution in [-0.4, -0.2) is 15.0 Å². The highest BCUT2D eigenvalue weighted by atomic mass is 16.1. The standard InChI is InChI=1S/C29H27N7O/c1-35-14-11-22(12-15-35)32-20-4-6-21(7-5-20)34-29(37)24-10-8-23(18-26(24)31)33-27-13-16-36(2)28-17-19(30)3-9-25(27)28/h3-18H,30-31H2,1-2H3,(H,34,37). The lowest BCUT2D eigenvalue weighted by molar-refractivity contribution is 0.102. The number of hydrogen-bond donors (Lipinski definition) is 3. The monoisotopic (exact) mass is 489 g/mol. The van der Waals surface area contributed by atoms with E-state index >= 15 is 0 Å². The van der Waals surface area contributed by atoms with Crippen molar-refractivity contribution in [1.82, 2.24) is 9.13 Å². The summed E-state index contributed by atoms with van der Waals surface area (Å²) < 4.78 is 3.94. The van der Waals surface area contributed by atoms with Crippen LogP contribution in [0.1, 0.15) is 10.4 Å². The van der Waals surface area contributed by atoms with Crippen molar-refractivity contribution in [2.45, 2.75) is 0 Å². The number of carbonyl (C=O) groups is 1.